The molecule has 0 spiro atoms. The number of benzene rings is 1. The van der Waals surface area contributed by atoms with E-state index >= 15 is 0 Å². The highest BCUT2D eigenvalue weighted by Gasteiger charge is 2.36. The Morgan fingerprint density at radius 1 is 1.07 bits per heavy atom. The molecule has 0 amide bonds. The van der Waals surface area contributed by atoms with Crippen molar-refractivity contribution in [2.45, 2.75) is 51.0 Å². The summed E-state index contributed by atoms with van der Waals surface area (Å²) in [5, 5.41) is 4.57. The van der Waals surface area contributed by atoms with E-state index in [-0.39, 0.29) is 16.8 Å². The molecule has 0 aliphatic carbocycles. The zero-order valence-corrected chi connectivity index (χ0v) is 18.0. The van der Waals surface area contributed by atoms with Crippen LogP contribution in [0.1, 0.15) is 46.4 Å². The van der Waals surface area contributed by atoms with Crippen LogP contribution in [-0.4, -0.2) is 48.7 Å². The topological polar surface area (TPSA) is 58.4 Å². The van der Waals surface area contributed by atoms with Gasteiger partial charge in [0, 0.05) is 43.8 Å². The smallest absolute Gasteiger partial charge is 0.246 e. The molecule has 2 aromatic rings. The summed E-state index contributed by atoms with van der Waals surface area (Å²) in [7, 11) is -3.67. The third kappa shape index (κ3) is 3.93. The predicted octanol–water partition coefficient (Wildman–Crippen LogP) is 3.41. The zero-order valence-electron chi connectivity index (χ0n) is 17.2. The first kappa shape index (κ1) is 20.8. The summed E-state index contributed by atoms with van der Waals surface area (Å²) in [6, 6.07) is 6.67. The lowest BCUT2D eigenvalue weighted by Gasteiger charge is -2.35. The number of hydrogen-bond acceptors (Lipinski definition) is 4. The molecule has 2 heterocycles. The first-order valence-corrected chi connectivity index (χ1v) is 11.0. The Balaban J connectivity index is 1.86. The van der Waals surface area contributed by atoms with Crippen LogP contribution in [-0.2, 0) is 15.4 Å². The SMILES string of the molecule is CC(C)n1cc(S(=O)(=O)N2CCN(c3ccccc3F)CC2)c(C(C)(C)C)n1. The fraction of sp³-hybridized carbons (Fsp3) is 0.550. The monoisotopic (exact) mass is 408 g/mol. The van der Waals surface area contributed by atoms with Gasteiger partial charge in [0.1, 0.15) is 10.7 Å². The number of hydrogen-bond donors (Lipinski definition) is 0. The van der Waals surface area contributed by atoms with E-state index in [1.807, 2.05) is 39.5 Å². The molecule has 1 aliphatic heterocycles. The molecular formula is C20H29FN4O2S. The van der Waals surface area contributed by atoms with Crippen LogP contribution in [0, 0.1) is 5.82 Å². The van der Waals surface area contributed by atoms with Crippen LogP contribution in [0.25, 0.3) is 0 Å². The van der Waals surface area contributed by atoms with E-state index in [0.717, 1.165) is 0 Å². The molecular weight excluding hydrogens is 379 g/mol. The molecule has 0 saturated carbocycles. The van der Waals surface area contributed by atoms with E-state index in [4.69, 9.17) is 0 Å². The minimum absolute atomic E-state index is 0.0722. The van der Waals surface area contributed by atoms with Crippen molar-refractivity contribution in [1.82, 2.24) is 14.1 Å². The number of anilines is 1. The van der Waals surface area contributed by atoms with Crippen LogP contribution in [0.2, 0.25) is 0 Å². The van der Waals surface area contributed by atoms with Crippen molar-refractivity contribution in [2.75, 3.05) is 31.1 Å². The second-order valence-corrected chi connectivity index (χ2v) is 10.4. The maximum atomic E-state index is 14.0. The average Bonchev–Trinajstić information content (AvgIpc) is 3.09. The summed E-state index contributed by atoms with van der Waals surface area (Å²) in [5.41, 5.74) is 0.706. The fourth-order valence-corrected chi connectivity index (χ4v) is 5.12. The number of piperazine rings is 1. The number of sulfonamides is 1. The average molecular weight is 409 g/mol. The first-order valence-electron chi connectivity index (χ1n) is 9.61. The van der Waals surface area contributed by atoms with Gasteiger partial charge in [0.2, 0.25) is 10.0 Å². The fourth-order valence-electron chi connectivity index (χ4n) is 3.36. The Hall–Kier alpha value is -1.93. The number of halogens is 1. The standard InChI is InChI=1S/C20H29FN4O2S/c1-15(2)25-14-18(19(22-25)20(3,4)5)28(26,27)24-12-10-23(11-13-24)17-9-7-6-8-16(17)21/h6-9,14-15H,10-13H2,1-5H3. The van der Waals surface area contributed by atoms with Gasteiger partial charge in [-0.1, -0.05) is 32.9 Å². The molecule has 0 bridgehead atoms. The number of aromatic nitrogens is 2. The second kappa shape index (κ2) is 7.48. The van der Waals surface area contributed by atoms with Gasteiger partial charge >= 0.3 is 0 Å². The van der Waals surface area contributed by atoms with Crippen molar-refractivity contribution in [1.29, 1.82) is 0 Å². The highest BCUT2D eigenvalue weighted by Crippen LogP contribution is 2.31. The third-order valence-electron chi connectivity index (χ3n) is 4.99. The van der Waals surface area contributed by atoms with E-state index in [1.165, 1.54) is 10.4 Å². The van der Waals surface area contributed by atoms with Crippen LogP contribution in [0.3, 0.4) is 0 Å². The van der Waals surface area contributed by atoms with Gasteiger partial charge in [-0.2, -0.15) is 9.40 Å². The Bertz CT molecular complexity index is 939. The molecule has 0 atom stereocenters. The van der Waals surface area contributed by atoms with Crippen molar-refractivity contribution in [3.63, 3.8) is 0 Å². The molecule has 0 N–H and O–H groups in total. The molecule has 1 fully saturated rings. The quantitative estimate of drug-likeness (QED) is 0.778. The molecule has 1 aromatic heterocycles. The summed E-state index contributed by atoms with van der Waals surface area (Å²) in [4.78, 5) is 2.16. The molecule has 8 heteroatoms. The lowest BCUT2D eigenvalue weighted by molar-refractivity contribution is 0.381. The number of nitrogens with zero attached hydrogens (tertiary/aromatic N) is 4. The van der Waals surface area contributed by atoms with E-state index in [2.05, 4.69) is 5.10 Å². The second-order valence-electron chi connectivity index (χ2n) is 8.51. The van der Waals surface area contributed by atoms with Crippen molar-refractivity contribution in [3.8, 4) is 0 Å². The highest BCUT2D eigenvalue weighted by atomic mass is 32.2. The first-order chi connectivity index (χ1) is 13.0. The van der Waals surface area contributed by atoms with Gasteiger partial charge in [0.25, 0.3) is 0 Å². The van der Waals surface area contributed by atoms with Gasteiger partial charge in [-0.05, 0) is 26.0 Å². The molecule has 3 rings (SSSR count). The molecule has 28 heavy (non-hydrogen) atoms. The maximum absolute atomic E-state index is 14.0. The van der Waals surface area contributed by atoms with Gasteiger partial charge < -0.3 is 4.90 Å². The molecule has 1 saturated heterocycles. The summed E-state index contributed by atoms with van der Waals surface area (Å²) < 4.78 is 44.0. The zero-order chi connectivity index (χ0) is 20.7. The molecule has 1 aromatic carbocycles. The normalized spacial score (nSPS) is 16.8. The maximum Gasteiger partial charge on any atom is 0.246 e. The Kier molecular flexibility index (Phi) is 5.55. The summed E-state index contributed by atoms with van der Waals surface area (Å²) in [6.07, 6.45) is 1.64. The summed E-state index contributed by atoms with van der Waals surface area (Å²) >= 11 is 0. The number of para-hydroxylation sites is 1. The van der Waals surface area contributed by atoms with Gasteiger partial charge in [-0.3, -0.25) is 4.68 Å². The minimum atomic E-state index is -3.67. The highest BCUT2D eigenvalue weighted by molar-refractivity contribution is 7.89. The molecule has 1 aliphatic rings. The van der Waals surface area contributed by atoms with Crippen LogP contribution in [0.4, 0.5) is 10.1 Å². The van der Waals surface area contributed by atoms with E-state index in [0.29, 0.717) is 37.6 Å². The van der Waals surface area contributed by atoms with Crippen LogP contribution in [0.15, 0.2) is 35.4 Å². The van der Waals surface area contributed by atoms with Gasteiger partial charge in [0.15, 0.2) is 0 Å². The summed E-state index contributed by atoms with van der Waals surface area (Å²) in [5.74, 6) is -0.285. The van der Waals surface area contributed by atoms with Gasteiger partial charge in [-0.15, -0.1) is 0 Å². The van der Waals surface area contributed by atoms with Gasteiger partial charge in [0.05, 0.1) is 11.4 Å². The Morgan fingerprint density at radius 2 is 1.68 bits per heavy atom. The largest absolute Gasteiger partial charge is 0.367 e. The Morgan fingerprint density at radius 3 is 2.21 bits per heavy atom. The lowest BCUT2D eigenvalue weighted by atomic mass is 9.92. The third-order valence-corrected chi connectivity index (χ3v) is 6.89. The van der Waals surface area contributed by atoms with Crippen LogP contribution in [0.5, 0.6) is 0 Å². The molecule has 0 unspecified atom stereocenters. The molecule has 6 nitrogen and oxygen atoms in total. The predicted molar refractivity (Wildman–Crippen MR) is 109 cm³/mol. The molecule has 0 radical (unpaired) electrons. The van der Waals surface area contributed by atoms with Crippen molar-refractivity contribution >= 4 is 15.7 Å². The van der Waals surface area contributed by atoms with Crippen molar-refractivity contribution in [3.05, 3.63) is 42.0 Å². The van der Waals surface area contributed by atoms with E-state index in [9.17, 15) is 12.8 Å². The Labute approximate surface area is 167 Å². The van der Waals surface area contributed by atoms with E-state index < -0.39 is 15.4 Å². The summed E-state index contributed by atoms with van der Waals surface area (Å²) in [6.45, 7) is 11.4. The molecule has 154 valence electrons. The minimum Gasteiger partial charge on any atom is -0.367 e. The van der Waals surface area contributed by atoms with Crippen molar-refractivity contribution < 1.29 is 12.8 Å². The van der Waals surface area contributed by atoms with Gasteiger partial charge in [-0.25, -0.2) is 12.8 Å². The van der Waals surface area contributed by atoms with E-state index in [1.54, 1.807) is 29.1 Å². The van der Waals surface area contributed by atoms with Crippen LogP contribution < -0.4 is 4.90 Å². The van der Waals surface area contributed by atoms with Crippen LogP contribution >= 0.6 is 0 Å². The number of rotatable bonds is 4. The van der Waals surface area contributed by atoms with Crippen molar-refractivity contribution in [2.24, 2.45) is 0 Å². The lowest BCUT2D eigenvalue weighted by Crippen LogP contribution is -2.49.